The van der Waals surface area contributed by atoms with Crippen molar-refractivity contribution in [2.45, 2.75) is 117 Å². The molecule has 0 amide bonds. The molecule has 12 aromatic carbocycles. The van der Waals surface area contributed by atoms with Crippen molar-refractivity contribution in [2.24, 2.45) is 0 Å². The summed E-state index contributed by atoms with van der Waals surface area (Å²) in [6.07, 6.45) is 0.375. The summed E-state index contributed by atoms with van der Waals surface area (Å²) >= 11 is 0. The third-order valence-corrected chi connectivity index (χ3v) is 20.2. The number of ether oxygens (including phenoxy) is 2. The maximum atomic E-state index is 16.1. The average molecular weight is 1310 g/mol. The van der Waals surface area contributed by atoms with E-state index >= 15 is 8.78 Å². The van der Waals surface area contributed by atoms with Crippen LogP contribution in [0, 0.1) is 122 Å². The first-order valence-electron chi connectivity index (χ1n) is 34.3. The van der Waals surface area contributed by atoms with Crippen LogP contribution in [0.25, 0.3) is 122 Å². The van der Waals surface area contributed by atoms with E-state index < -0.39 is 11.6 Å². The van der Waals surface area contributed by atoms with E-state index in [1.807, 2.05) is 52.0 Å². The highest BCUT2D eigenvalue weighted by molar-refractivity contribution is 6.13. The molecule has 0 atom stereocenters. The Balaban J connectivity index is 0.820. The summed E-state index contributed by atoms with van der Waals surface area (Å²) in [7, 11) is 0. The van der Waals surface area contributed by atoms with Crippen molar-refractivity contribution >= 4 is 43.6 Å². The van der Waals surface area contributed by atoms with E-state index in [0.29, 0.717) is 62.7 Å². The van der Waals surface area contributed by atoms with Crippen molar-refractivity contribution in [2.75, 3.05) is 13.2 Å². The lowest BCUT2D eigenvalue weighted by Gasteiger charge is -2.20. The molecule has 0 aliphatic rings. The predicted molar refractivity (Wildman–Crippen MR) is 409 cm³/mol. The highest BCUT2D eigenvalue weighted by Gasteiger charge is 2.27. The largest absolute Gasteiger partial charge is 0.505 e. The van der Waals surface area contributed by atoms with Crippen LogP contribution in [0.15, 0.2) is 170 Å². The normalized spacial score (nSPS) is 11.7. The number of hydrogen-bond acceptors (Lipinski definition) is 4. The fourth-order valence-electron chi connectivity index (χ4n) is 16.6. The van der Waals surface area contributed by atoms with E-state index in [0.717, 1.165) is 77.0 Å². The zero-order chi connectivity index (χ0) is 69.9. The molecule has 2 heterocycles. The highest BCUT2D eigenvalue weighted by atomic mass is 19.1. The third-order valence-electron chi connectivity index (χ3n) is 20.2. The predicted octanol–water partition coefficient (Wildman–Crippen LogP) is 24.4. The molecule has 99 heavy (non-hydrogen) atoms. The molecule has 0 saturated carbocycles. The van der Waals surface area contributed by atoms with Crippen molar-refractivity contribution < 1.29 is 28.5 Å². The number of fused-ring (bicyclic) bond motifs is 6. The van der Waals surface area contributed by atoms with Gasteiger partial charge in [0.05, 0.1) is 46.7 Å². The lowest BCUT2D eigenvalue weighted by Crippen LogP contribution is -2.08. The SMILES string of the molecule is Cc1cc(C)c(-c2ccc3c4ccc(-c5c(C)cc(C)cc5C)cc4n(-c4cc(C)cc(-c5cc(F)cc(C)c5OCCCOc5c(C)cc(F)cc5-c5cc(C)cc(-n6c7cc(-c8c(C)cc(C)cc8C)ccc7c7ccc(-c8c(C)cc(C)cc8C)cc76)c5O)c4O)c3c2)c(C)c1. The van der Waals surface area contributed by atoms with Crippen molar-refractivity contribution in [3.8, 4) is 101 Å². The summed E-state index contributed by atoms with van der Waals surface area (Å²) < 4.78 is 50.0. The maximum absolute atomic E-state index is 16.1. The number of hydrogen-bond donors (Lipinski definition) is 2. The number of phenolic OH excluding ortho intramolecular Hbond substituents is 2. The number of phenols is 2. The smallest absolute Gasteiger partial charge is 0.147 e. The van der Waals surface area contributed by atoms with Crippen molar-refractivity contribution in [3.05, 3.63) is 271 Å². The molecular weight excluding hydrogens is 1220 g/mol. The van der Waals surface area contributed by atoms with Crippen LogP contribution in [-0.2, 0) is 0 Å². The molecule has 0 bridgehead atoms. The number of halogens is 2. The van der Waals surface area contributed by atoms with Gasteiger partial charge in [0.2, 0.25) is 0 Å². The van der Waals surface area contributed by atoms with Gasteiger partial charge >= 0.3 is 0 Å². The first kappa shape index (κ1) is 65.6. The Hall–Kier alpha value is -10.7. The van der Waals surface area contributed by atoms with E-state index in [1.165, 1.54) is 113 Å². The molecule has 0 radical (unpaired) electrons. The fourth-order valence-corrected chi connectivity index (χ4v) is 16.6. The van der Waals surface area contributed by atoms with Gasteiger partial charge in [0.25, 0.3) is 0 Å². The van der Waals surface area contributed by atoms with E-state index in [4.69, 9.17) is 9.47 Å². The molecule has 6 nitrogen and oxygen atoms in total. The Morgan fingerprint density at radius 2 is 0.535 bits per heavy atom. The van der Waals surface area contributed by atoms with Gasteiger partial charge in [0, 0.05) is 50.2 Å². The first-order chi connectivity index (χ1) is 47.3. The fraction of sp³-hybridized carbons (Fsp3) is 0.209. The van der Waals surface area contributed by atoms with E-state index in [-0.39, 0.29) is 24.7 Å². The van der Waals surface area contributed by atoms with Gasteiger partial charge in [-0.3, -0.25) is 0 Å². The number of aromatic hydroxyl groups is 2. The van der Waals surface area contributed by atoms with Gasteiger partial charge in [0.15, 0.2) is 0 Å². The van der Waals surface area contributed by atoms with Gasteiger partial charge in [-0.1, -0.05) is 119 Å². The van der Waals surface area contributed by atoms with Gasteiger partial charge in [-0.2, -0.15) is 0 Å². The monoisotopic (exact) mass is 1310 g/mol. The molecule has 0 unspecified atom stereocenters. The van der Waals surface area contributed by atoms with E-state index in [2.05, 4.69) is 214 Å². The summed E-state index contributed by atoms with van der Waals surface area (Å²) in [5.74, 6) is -0.109. The second kappa shape index (κ2) is 25.3. The zero-order valence-electron chi connectivity index (χ0n) is 59.6. The molecule has 14 rings (SSSR count). The van der Waals surface area contributed by atoms with Gasteiger partial charge in [-0.15, -0.1) is 0 Å². The van der Waals surface area contributed by atoms with E-state index in [9.17, 15) is 10.2 Å². The minimum atomic E-state index is -0.464. The third kappa shape index (κ3) is 11.7. The molecule has 496 valence electrons. The van der Waals surface area contributed by atoms with Crippen LogP contribution >= 0.6 is 0 Å². The summed E-state index contributed by atoms with van der Waals surface area (Å²) in [4.78, 5) is 0. The number of nitrogens with zero attached hydrogens (tertiary/aromatic N) is 2. The number of benzene rings is 12. The number of rotatable bonds is 14. The van der Waals surface area contributed by atoms with Gasteiger partial charge in [0.1, 0.15) is 34.6 Å². The summed E-state index contributed by atoms with van der Waals surface area (Å²) in [5, 5.41) is 30.3. The molecule has 0 fully saturated rings. The first-order valence-corrected chi connectivity index (χ1v) is 34.3. The maximum Gasteiger partial charge on any atom is 0.147 e. The lowest BCUT2D eigenvalue weighted by molar-refractivity contribution is 0.246. The molecule has 0 aliphatic carbocycles. The highest BCUT2D eigenvalue weighted by Crippen LogP contribution is 2.49. The van der Waals surface area contributed by atoms with Crippen LogP contribution in [0.2, 0.25) is 0 Å². The minimum Gasteiger partial charge on any atom is -0.505 e. The van der Waals surface area contributed by atoms with Crippen molar-refractivity contribution in [3.63, 3.8) is 0 Å². The Labute approximate surface area is 580 Å². The summed E-state index contributed by atoms with van der Waals surface area (Å²) in [5.41, 5.74) is 32.6. The molecule has 0 spiro atoms. The number of aryl methyl sites for hydroxylation is 16. The molecule has 0 aliphatic heterocycles. The van der Waals surface area contributed by atoms with Crippen LogP contribution in [0.4, 0.5) is 8.78 Å². The molecule has 2 aromatic heterocycles. The van der Waals surface area contributed by atoms with Gasteiger partial charge in [-0.05, 0) is 295 Å². The molecule has 2 N–H and O–H groups in total. The molecule has 8 heteroatoms. The molecule has 0 saturated heterocycles. The second-order valence-electron chi connectivity index (χ2n) is 28.3. The topological polar surface area (TPSA) is 68.8 Å². The van der Waals surface area contributed by atoms with Crippen LogP contribution in [0.1, 0.15) is 95.4 Å². The van der Waals surface area contributed by atoms with Crippen molar-refractivity contribution in [1.82, 2.24) is 9.13 Å². The Morgan fingerprint density at radius 3 is 0.798 bits per heavy atom. The van der Waals surface area contributed by atoms with Gasteiger partial charge in [-0.25, -0.2) is 8.78 Å². The zero-order valence-corrected chi connectivity index (χ0v) is 59.6. The Kier molecular flexibility index (Phi) is 16.8. The van der Waals surface area contributed by atoms with E-state index in [1.54, 1.807) is 0 Å². The summed E-state index contributed by atoms with van der Waals surface area (Å²) in [6.45, 7) is 33.7. The van der Waals surface area contributed by atoms with Gasteiger partial charge < -0.3 is 28.8 Å². The van der Waals surface area contributed by atoms with Crippen LogP contribution in [0.5, 0.6) is 23.0 Å². The quantitative estimate of drug-likeness (QED) is 0.106. The number of aromatic nitrogens is 2. The van der Waals surface area contributed by atoms with Crippen LogP contribution in [-0.4, -0.2) is 32.6 Å². The second-order valence-corrected chi connectivity index (χ2v) is 28.3. The Morgan fingerprint density at radius 1 is 0.283 bits per heavy atom. The molecule has 14 aromatic rings. The van der Waals surface area contributed by atoms with Crippen molar-refractivity contribution in [1.29, 1.82) is 0 Å². The van der Waals surface area contributed by atoms with Crippen LogP contribution < -0.4 is 9.47 Å². The van der Waals surface area contributed by atoms with Crippen LogP contribution in [0.3, 0.4) is 0 Å². The Bertz CT molecular complexity index is 5050. The standard InChI is InChI=1S/C91H84F2N2O4/c1-48-28-54(7)84(55(8)29-48)64-18-22-70-71-23-19-65(85-56(9)30-49(2)31-57(85)10)43-79(71)94(78(70)42-64)82-38-52(5)36-74(88(82)96)76-46-68(92)40-62(15)90(76)98-26-17-27-99-91-63(16)41-69(93)47-77(91)75-37-53(6)39-83(89(75)97)95-80-44-66(86-58(11)32-50(3)33-59(86)12)20-24-72(80)73-25-21-67(45-81(73)95)87-60(13)34-51(4)35-61(87)14/h18-25,28-47,96-97H,17,26-27H2,1-16H3. The summed E-state index contributed by atoms with van der Waals surface area (Å²) in [6, 6.07) is 57.9. The molecular formula is C91H84F2N2O4. The lowest BCUT2D eigenvalue weighted by atomic mass is 9.92. The minimum absolute atomic E-state index is 0.0202. The average Bonchev–Trinajstić information content (AvgIpc) is 1.58.